The number of carbonyl (C=O) groups is 3. The van der Waals surface area contributed by atoms with Crippen molar-refractivity contribution in [1.82, 2.24) is 5.32 Å². The van der Waals surface area contributed by atoms with Crippen molar-refractivity contribution in [3.8, 4) is 0 Å². The number of aryl methyl sites for hydroxylation is 1. The van der Waals surface area contributed by atoms with Gasteiger partial charge in [-0.25, -0.2) is 13.2 Å². The molecule has 1 heterocycles. The van der Waals surface area contributed by atoms with Crippen LogP contribution in [0.25, 0.3) is 0 Å². The molecule has 37 heavy (non-hydrogen) atoms. The number of hydrogen-bond donors (Lipinski definition) is 3. The van der Waals surface area contributed by atoms with Crippen molar-refractivity contribution in [2.24, 2.45) is 0 Å². The zero-order valence-electron chi connectivity index (χ0n) is 20.2. The molecular weight excluding hydrogens is 514 g/mol. The van der Waals surface area contributed by atoms with Crippen LogP contribution in [0.15, 0.2) is 59.5 Å². The number of amides is 3. The van der Waals surface area contributed by atoms with Gasteiger partial charge < -0.3 is 10.1 Å². The van der Waals surface area contributed by atoms with Crippen molar-refractivity contribution < 1.29 is 27.5 Å². The van der Waals surface area contributed by atoms with Gasteiger partial charge in [-0.3, -0.25) is 19.6 Å². The standard InChI is InChI=1S/C26H27N3O6S2/c1-2-35-26(32)28-24(31)22-20-11-7-4-8-12-21(20)36-25(22)27-23(30)17-13-15-18(16-14-17)29-37(33,34)19-9-5-3-6-10-19/h3,5-6,9-10,13-16,29H,2,4,7-8,11-12H2,1H3,(H,27,30)(H,28,31,32). The van der Waals surface area contributed by atoms with Gasteiger partial charge in [0.25, 0.3) is 21.8 Å². The molecular formula is C26H27N3O6S2. The highest BCUT2D eigenvalue weighted by molar-refractivity contribution is 7.92. The molecule has 1 aliphatic rings. The molecule has 3 amide bonds. The molecule has 0 aliphatic heterocycles. The zero-order chi connectivity index (χ0) is 26.4. The molecule has 0 radical (unpaired) electrons. The summed E-state index contributed by atoms with van der Waals surface area (Å²) < 4.78 is 32.4. The molecule has 3 N–H and O–H groups in total. The Morgan fingerprint density at radius 2 is 1.62 bits per heavy atom. The molecule has 0 spiro atoms. The van der Waals surface area contributed by atoms with Gasteiger partial charge in [-0.2, -0.15) is 0 Å². The van der Waals surface area contributed by atoms with Gasteiger partial charge >= 0.3 is 6.09 Å². The van der Waals surface area contributed by atoms with E-state index in [-0.39, 0.29) is 22.6 Å². The number of sulfonamides is 1. The van der Waals surface area contributed by atoms with Crippen LogP contribution in [0.1, 0.15) is 57.3 Å². The van der Waals surface area contributed by atoms with Gasteiger partial charge in [0.2, 0.25) is 0 Å². The Kier molecular flexibility index (Phi) is 8.24. The molecule has 0 saturated heterocycles. The maximum absolute atomic E-state index is 13.0. The number of rotatable bonds is 7. The van der Waals surface area contributed by atoms with E-state index >= 15 is 0 Å². The third kappa shape index (κ3) is 6.36. The molecule has 0 bridgehead atoms. The number of carbonyl (C=O) groups excluding carboxylic acids is 3. The SMILES string of the molecule is CCOC(=O)NC(=O)c1c(NC(=O)c2ccc(NS(=O)(=O)c3ccccc3)cc2)sc2c1CCCCC2. The van der Waals surface area contributed by atoms with E-state index in [1.807, 2.05) is 0 Å². The molecule has 0 saturated carbocycles. The lowest BCUT2D eigenvalue weighted by atomic mass is 10.0. The predicted octanol–water partition coefficient (Wildman–Crippen LogP) is 4.96. The van der Waals surface area contributed by atoms with Crippen LogP contribution in [0.2, 0.25) is 0 Å². The van der Waals surface area contributed by atoms with Crippen LogP contribution in [0.4, 0.5) is 15.5 Å². The smallest absolute Gasteiger partial charge is 0.414 e. The molecule has 3 aromatic rings. The Labute approximate surface area is 219 Å². The average Bonchev–Trinajstić information content (AvgIpc) is 3.05. The molecule has 1 aliphatic carbocycles. The highest BCUT2D eigenvalue weighted by Gasteiger charge is 2.27. The molecule has 0 unspecified atom stereocenters. The fourth-order valence-electron chi connectivity index (χ4n) is 4.07. The van der Waals surface area contributed by atoms with Gasteiger partial charge in [0.1, 0.15) is 5.00 Å². The van der Waals surface area contributed by atoms with E-state index < -0.39 is 27.9 Å². The lowest BCUT2D eigenvalue weighted by Gasteiger charge is -2.10. The van der Waals surface area contributed by atoms with E-state index in [2.05, 4.69) is 15.4 Å². The minimum Gasteiger partial charge on any atom is -0.450 e. The van der Waals surface area contributed by atoms with Gasteiger partial charge in [-0.15, -0.1) is 11.3 Å². The summed E-state index contributed by atoms with van der Waals surface area (Å²) in [5.41, 5.74) is 1.72. The van der Waals surface area contributed by atoms with Crippen LogP contribution in [-0.4, -0.2) is 32.9 Å². The summed E-state index contributed by atoms with van der Waals surface area (Å²) in [7, 11) is -3.76. The first-order chi connectivity index (χ1) is 17.8. The topological polar surface area (TPSA) is 131 Å². The van der Waals surface area contributed by atoms with E-state index in [1.165, 1.54) is 47.7 Å². The van der Waals surface area contributed by atoms with Crippen molar-refractivity contribution in [1.29, 1.82) is 0 Å². The molecule has 0 fully saturated rings. The number of anilines is 2. The summed E-state index contributed by atoms with van der Waals surface area (Å²) in [5.74, 6) is -1.07. The van der Waals surface area contributed by atoms with Gasteiger partial charge in [-0.05, 0) is 74.6 Å². The molecule has 2 aromatic carbocycles. The quantitative estimate of drug-likeness (QED) is 0.363. The van der Waals surface area contributed by atoms with Gasteiger partial charge in [0.05, 0.1) is 17.1 Å². The summed E-state index contributed by atoms with van der Waals surface area (Å²) in [5, 5.41) is 5.42. The van der Waals surface area contributed by atoms with Crippen LogP contribution in [0, 0.1) is 0 Å². The van der Waals surface area contributed by atoms with E-state index in [0.29, 0.717) is 17.1 Å². The summed E-state index contributed by atoms with van der Waals surface area (Å²) in [6.07, 6.45) is 3.58. The third-order valence-corrected chi connectivity index (χ3v) is 8.42. The Hall–Kier alpha value is -3.70. The lowest BCUT2D eigenvalue weighted by Crippen LogP contribution is -2.32. The van der Waals surface area contributed by atoms with E-state index in [0.717, 1.165) is 36.1 Å². The van der Waals surface area contributed by atoms with Crippen molar-refractivity contribution in [2.45, 2.75) is 43.9 Å². The van der Waals surface area contributed by atoms with Crippen LogP contribution >= 0.6 is 11.3 Å². The Bertz CT molecular complexity index is 1400. The highest BCUT2D eigenvalue weighted by Crippen LogP contribution is 2.37. The third-order valence-electron chi connectivity index (χ3n) is 5.82. The average molecular weight is 542 g/mol. The second-order valence-corrected chi connectivity index (χ2v) is 11.2. The second-order valence-electron chi connectivity index (χ2n) is 8.39. The number of nitrogens with one attached hydrogen (secondary N) is 3. The summed E-state index contributed by atoms with van der Waals surface area (Å²) in [4.78, 5) is 39.1. The minimum atomic E-state index is -3.76. The highest BCUT2D eigenvalue weighted by atomic mass is 32.2. The van der Waals surface area contributed by atoms with Crippen molar-refractivity contribution >= 4 is 50.0 Å². The van der Waals surface area contributed by atoms with Crippen molar-refractivity contribution in [3.05, 3.63) is 76.2 Å². The molecule has 11 heteroatoms. The number of fused-ring (bicyclic) bond motifs is 1. The molecule has 194 valence electrons. The number of imide groups is 1. The number of ether oxygens (including phenoxy) is 1. The maximum Gasteiger partial charge on any atom is 0.414 e. The first-order valence-electron chi connectivity index (χ1n) is 11.9. The number of alkyl carbamates (subject to hydrolysis) is 1. The van der Waals surface area contributed by atoms with Gasteiger partial charge in [0, 0.05) is 16.1 Å². The number of benzene rings is 2. The maximum atomic E-state index is 13.0. The first kappa shape index (κ1) is 26.4. The van der Waals surface area contributed by atoms with E-state index in [4.69, 9.17) is 4.74 Å². The largest absolute Gasteiger partial charge is 0.450 e. The van der Waals surface area contributed by atoms with Gasteiger partial charge in [0.15, 0.2) is 0 Å². The zero-order valence-corrected chi connectivity index (χ0v) is 21.8. The molecule has 1 aromatic heterocycles. The lowest BCUT2D eigenvalue weighted by molar-refractivity contribution is 0.0925. The van der Waals surface area contributed by atoms with Crippen LogP contribution in [0.5, 0.6) is 0 Å². The van der Waals surface area contributed by atoms with Crippen LogP contribution in [0.3, 0.4) is 0 Å². The minimum absolute atomic E-state index is 0.127. The molecule has 4 rings (SSSR count). The monoisotopic (exact) mass is 541 g/mol. The fraction of sp³-hybridized carbons (Fsp3) is 0.269. The van der Waals surface area contributed by atoms with Crippen LogP contribution < -0.4 is 15.4 Å². The summed E-state index contributed by atoms with van der Waals surface area (Å²) in [6, 6.07) is 13.9. The van der Waals surface area contributed by atoms with Crippen LogP contribution in [-0.2, 0) is 27.6 Å². The second kappa shape index (κ2) is 11.6. The van der Waals surface area contributed by atoms with Crippen molar-refractivity contribution in [2.75, 3.05) is 16.6 Å². The Morgan fingerprint density at radius 3 is 2.32 bits per heavy atom. The van der Waals surface area contributed by atoms with Crippen molar-refractivity contribution in [3.63, 3.8) is 0 Å². The first-order valence-corrected chi connectivity index (χ1v) is 14.2. The summed E-state index contributed by atoms with van der Waals surface area (Å²) >= 11 is 1.34. The van der Waals surface area contributed by atoms with E-state index in [1.54, 1.807) is 25.1 Å². The Morgan fingerprint density at radius 1 is 0.919 bits per heavy atom. The molecule has 9 nitrogen and oxygen atoms in total. The predicted molar refractivity (Wildman–Crippen MR) is 142 cm³/mol. The number of thiophene rings is 1. The normalized spacial score (nSPS) is 13.1. The Balaban J connectivity index is 1.53. The fourth-order valence-corrected chi connectivity index (χ4v) is 6.43. The molecule has 0 atom stereocenters. The van der Waals surface area contributed by atoms with E-state index in [9.17, 15) is 22.8 Å². The summed E-state index contributed by atoms with van der Waals surface area (Å²) in [6.45, 7) is 1.77. The van der Waals surface area contributed by atoms with Gasteiger partial charge in [-0.1, -0.05) is 24.6 Å². The number of hydrogen-bond acceptors (Lipinski definition) is 7.